The van der Waals surface area contributed by atoms with Crippen molar-refractivity contribution in [1.82, 2.24) is 0 Å². The summed E-state index contributed by atoms with van der Waals surface area (Å²) in [6.45, 7) is 3.43. The normalized spacial score (nSPS) is 10.3. The summed E-state index contributed by atoms with van der Waals surface area (Å²) in [6, 6.07) is 22.2. The van der Waals surface area contributed by atoms with Crippen LogP contribution in [0.15, 0.2) is 77.3 Å². The van der Waals surface area contributed by atoms with Gasteiger partial charge in [0.2, 0.25) is 0 Å². The van der Waals surface area contributed by atoms with Gasteiger partial charge in [0.25, 0.3) is 5.91 Å². The minimum atomic E-state index is -0.227. The van der Waals surface area contributed by atoms with Gasteiger partial charge in [-0.1, -0.05) is 37.3 Å². The Morgan fingerprint density at radius 2 is 1.53 bits per heavy atom. The number of nitrogens with one attached hydrogen (secondary N) is 1. The molecule has 3 rings (SSSR count). The highest BCUT2D eigenvalue weighted by molar-refractivity contribution is 9.10. The Morgan fingerprint density at radius 3 is 2.30 bits per heavy atom. The van der Waals surface area contributed by atoms with Crippen molar-refractivity contribution in [1.29, 1.82) is 0 Å². The van der Waals surface area contributed by atoms with Crippen molar-refractivity contribution in [2.75, 3.05) is 25.1 Å². The van der Waals surface area contributed by atoms with E-state index in [1.54, 1.807) is 24.3 Å². The van der Waals surface area contributed by atoms with Gasteiger partial charge in [-0.2, -0.15) is 0 Å². The highest BCUT2D eigenvalue weighted by atomic mass is 79.9. The Bertz CT molecular complexity index is 962. The molecule has 0 heterocycles. The highest BCUT2D eigenvalue weighted by Crippen LogP contribution is 2.28. The first-order chi connectivity index (χ1) is 14.7. The maximum absolute atomic E-state index is 12.7. The van der Waals surface area contributed by atoms with Gasteiger partial charge in [0.05, 0.1) is 16.8 Å². The zero-order chi connectivity index (χ0) is 21.2. The number of ether oxygens (including phenoxy) is 3. The molecule has 0 unspecified atom stereocenters. The van der Waals surface area contributed by atoms with Gasteiger partial charge < -0.3 is 19.5 Å². The molecule has 0 atom stereocenters. The number of para-hydroxylation sites is 3. The Kier molecular flexibility index (Phi) is 8.15. The summed E-state index contributed by atoms with van der Waals surface area (Å²) >= 11 is 3.46. The zero-order valence-corrected chi connectivity index (χ0v) is 18.4. The first kappa shape index (κ1) is 21.7. The maximum Gasteiger partial charge on any atom is 0.255 e. The van der Waals surface area contributed by atoms with Crippen molar-refractivity contribution >= 4 is 27.5 Å². The van der Waals surface area contributed by atoms with Crippen LogP contribution in [0.1, 0.15) is 23.7 Å². The minimum Gasteiger partial charge on any atom is -0.492 e. The molecule has 6 heteroatoms. The van der Waals surface area contributed by atoms with Crippen molar-refractivity contribution in [3.63, 3.8) is 0 Å². The predicted molar refractivity (Wildman–Crippen MR) is 122 cm³/mol. The van der Waals surface area contributed by atoms with Crippen LogP contribution in [0.2, 0.25) is 0 Å². The number of amides is 1. The van der Waals surface area contributed by atoms with Gasteiger partial charge in [-0.05, 0) is 64.8 Å². The largest absolute Gasteiger partial charge is 0.492 e. The SMILES string of the molecule is CCCOc1ccc(C(=O)Nc2ccccc2OCCOc2ccccc2)cc1Br. The van der Waals surface area contributed by atoms with Gasteiger partial charge in [0.1, 0.15) is 30.5 Å². The average molecular weight is 470 g/mol. The highest BCUT2D eigenvalue weighted by Gasteiger charge is 2.12. The molecule has 156 valence electrons. The molecule has 0 aliphatic rings. The third-order valence-corrected chi connectivity index (χ3v) is 4.76. The number of halogens is 1. The number of hydrogen-bond acceptors (Lipinski definition) is 4. The van der Waals surface area contributed by atoms with Crippen molar-refractivity contribution in [3.05, 3.63) is 82.8 Å². The van der Waals surface area contributed by atoms with Gasteiger partial charge in [0, 0.05) is 5.56 Å². The zero-order valence-electron chi connectivity index (χ0n) is 16.8. The molecule has 1 N–H and O–H groups in total. The van der Waals surface area contributed by atoms with Crippen LogP contribution in [-0.4, -0.2) is 25.7 Å². The van der Waals surface area contributed by atoms with E-state index >= 15 is 0 Å². The lowest BCUT2D eigenvalue weighted by Crippen LogP contribution is -2.14. The molecule has 3 aromatic rings. The maximum atomic E-state index is 12.7. The molecular formula is C24H24BrNO4. The summed E-state index contributed by atoms with van der Waals surface area (Å²) in [5.41, 5.74) is 1.12. The van der Waals surface area contributed by atoms with E-state index in [1.165, 1.54) is 0 Å². The number of rotatable bonds is 10. The second kappa shape index (κ2) is 11.3. The van der Waals surface area contributed by atoms with Crippen LogP contribution in [0, 0.1) is 0 Å². The van der Waals surface area contributed by atoms with E-state index in [0.717, 1.165) is 22.4 Å². The summed E-state index contributed by atoms with van der Waals surface area (Å²) in [5.74, 6) is 1.87. The lowest BCUT2D eigenvalue weighted by Gasteiger charge is -2.14. The van der Waals surface area contributed by atoms with E-state index in [2.05, 4.69) is 21.2 Å². The smallest absolute Gasteiger partial charge is 0.255 e. The molecular weight excluding hydrogens is 446 g/mol. The third-order valence-electron chi connectivity index (χ3n) is 4.14. The lowest BCUT2D eigenvalue weighted by atomic mass is 10.2. The van der Waals surface area contributed by atoms with E-state index < -0.39 is 0 Å². The number of benzene rings is 3. The minimum absolute atomic E-state index is 0.227. The van der Waals surface area contributed by atoms with Gasteiger partial charge in [-0.3, -0.25) is 4.79 Å². The van der Waals surface area contributed by atoms with E-state index in [1.807, 2.05) is 55.5 Å². The number of hydrogen-bond donors (Lipinski definition) is 1. The number of anilines is 1. The van der Waals surface area contributed by atoms with Crippen molar-refractivity contribution in [3.8, 4) is 17.2 Å². The van der Waals surface area contributed by atoms with Gasteiger partial charge in [-0.15, -0.1) is 0 Å². The molecule has 0 radical (unpaired) electrons. The molecule has 0 spiro atoms. The summed E-state index contributed by atoms with van der Waals surface area (Å²) < 4.78 is 17.8. The number of carbonyl (C=O) groups is 1. The van der Waals surface area contributed by atoms with Crippen LogP contribution in [0.4, 0.5) is 5.69 Å². The second-order valence-corrected chi connectivity index (χ2v) is 7.31. The molecule has 3 aromatic carbocycles. The van der Waals surface area contributed by atoms with Crippen molar-refractivity contribution in [2.45, 2.75) is 13.3 Å². The van der Waals surface area contributed by atoms with Crippen LogP contribution >= 0.6 is 15.9 Å². The van der Waals surface area contributed by atoms with E-state index in [4.69, 9.17) is 14.2 Å². The summed E-state index contributed by atoms with van der Waals surface area (Å²) in [7, 11) is 0. The molecule has 0 fully saturated rings. The molecule has 0 saturated carbocycles. The first-order valence-corrected chi connectivity index (χ1v) is 10.6. The quantitative estimate of drug-likeness (QED) is 0.372. The standard InChI is InChI=1S/C24H24BrNO4/c1-2-14-29-22-13-12-18(17-20(22)25)24(27)26-21-10-6-7-11-23(21)30-16-15-28-19-8-4-3-5-9-19/h3-13,17H,2,14-16H2,1H3,(H,26,27). The molecule has 0 bridgehead atoms. The fourth-order valence-electron chi connectivity index (χ4n) is 2.69. The average Bonchev–Trinajstić information content (AvgIpc) is 2.77. The van der Waals surface area contributed by atoms with Crippen LogP contribution in [0.25, 0.3) is 0 Å². The monoisotopic (exact) mass is 469 g/mol. The number of carbonyl (C=O) groups excluding carboxylic acids is 1. The third kappa shape index (κ3) is 6.26. The van der Waals surface area contributed by atoms with Gasteiger partial charge >= 0.3 is 0 Å². The Morgan fingerprint density at radius 1 is 0.833 bits per heavy atom. The fraction of sp³-hybridized carbons (Fsp3) is 0.208. The van der Waals surface area contributed by atoms with E-state index in [9.17, 15) is 4.79 Å². The lowest BCUT2D eigenvalue weighted by molar-refractivity contribution is 0.102. The molecule has 0 saturated heterocycles. The molecule has 0 aliphatic heterocycles. The first-order valence-electron chi connectivity index (χ1n) is 9.80. The van der Waals surface area contributed by atoms with Crippen molar-refractivity contribution < 1.29 is 19.0 Å². The summed E-state index contributed by atoms with van der Waals surface area (Å²) in [4.78, 5) is 12.7. The van der Waals surface area contributed by atoms with Crippen LogP contribution in [0.3, 0.4) is 0 Å². The summed E-state index contributed by atoms with van der Waals surface area (Å²) in [6.07, 6.45) is 0.919. The van der Waals surface area contributed by atoms with Gasteiger partial charge in [-0.25, -0.2) is 0 Å². The van der Waals surface area contributed by atoms with E-state index in [0.29, 0.717) is 36.8 Å². The predicted octanol–water partition coefficient (Wildman–Crippen LogP) is 5.95. The van der Waals surface area contributed by atoms with Gasteiger partial charge in [0.15, 0.2) is 0 Å². The molecule has 5 nitrogen and oxygen atoms in total. The van der Waals surface area contributed by atoms with E-state index in [-0.39, 0.29) is 5.91 Å². The summed E-state index contributed by atoms with van der Waals surface area (Å²) in [5, 5.41) is 2.91. The molecule has 30 heavy (non-hydrogen) atoms. The Hall–Kier alpha value is -2.99. The molecule has 0 aromatic heterocycles. The van der Waals surface area contributed by atoms with Crippen LogP contribution in [-0.2, 0) is 0 Å². The topological polar surface area (TPSA) is 56.8 Å². The molecule has 0 aliphatic carbocycles. The van der Waals surface area contributed by atoms with Crippen molar-refractivity contribution in [2.24, 2.45) is 0 Å². The fourth-order valence-corrected chi connectivity index (χ4v) is 3.18. The van der Waals surface area contributed by atoms with Crippen LogP contribution < -0.4 is 19.5 Å². The molecule has 1 amide bonds. The Balaban J connectivity index is 1.58. The van der Waals surface area contributed by atoms with Crippen LogP contribution in [0.5, 0.6) is 17.2 Å². The Labute approximate surface area is 185 Å². The second-order valence-electron chi connectivity index (χ2n) is 6.45.